The zero-order valence-corrected chi connectivity index (χ0v) is 26.6. The van der Waals surface area contributed by atoms with E-state index < -0.39 is 12.0 Å². The number of carbonyl (C=O) groups is 1. The highest BCUT2D eigenvalue weighted by Crippen LogP contribution is 2.37. The lowest BCUT2D eigenvalue weighted by molar-refractivity contribution is -0.139. The van der Waals surface area contributed by atoms with Crippen molar-refractivity contribution in [3.8, 4) is 17.2 Å². The summed E-state index contributed by atoms with van der Waals surface area (Å²) < 4.78 is 9.30. The number of benzene rings is 3. The number of carboxylic acid groups (broad SMARTS) is 1. The molecular formula is C24H19I4N3O4. The summed E-state index contributed by atoms with van der Waals surface area (Å²) in [7, 11) is 0. The fourth-order valence-corrected chi connectivity index (χ4v) is 7.42. The molecule has 2 atom stereocenters. The normalized spacial score (nSPS) is 15.9. The molecule has 4 rings (SSSR count). The molecule has 0 amide bonds. The number of aliphatic carboxylic acids is 1. The highest BCUT2D eigenvalue weighted by atomic mass is 127. The molecule has 0 aromatic heterocycles. The molecule has 1 heterocycles. The van der Waals surface area contributed by atoms with Crippen molar-refractivity contribution in [2.24, 2.45) is 5.10 Å². The Labute approximate surface area is 257 Å². The Morgan fingerprint density at radius 1 is 1.06 bits per heavy atom. The number of rotatable bonds is 8. The van der Waals surface area contributed by atoms with E-state index in [0.29, 0.717) is 31.5 Å². The van der Waals surface area contributed by atoms with Gasteiger partial charge in [-0.05, 0) is 132 Å². The Balaban J connectivity index is 1.45. The van der Waals surface area contributed by atoms with Gasteiger partial charge < -0.3 is 14.9 Å². The fraction of sp³-hybridized carbons (Fsp3) is 0.167. The Hall–Kier alpha value is -0.920. The Kier molecular flexibility index (Phi) is 9.36. The van der Waals surface area contributed by atoms with Gasteiger partial charge in [-0.15, -0.1) is 0 Å². The lowest BCUT2D eigenvalue weighted by atomic mass is 10.0. The summed E-state index contributed by atoms with van der Waals surface area (Å²) in [5.74, 6) is 0.652. The molecule has 35 heavy (non-hydrogen) atoms. The van der Waals surface area contributed by atoms with Gasteiger partial charge in [0.25, 0.3) is 0 Å². The van der Waals surface area contributed by atoms with Gasteiger partial charge in [-0.25, -0.2) is 0 Å². The molecule has 0 saturated heterocycles. The Morgan fingerprint density at radius 3 is 2.29 bits per heavy atom. The standard InChI is InChI=1S/C24H19I4N3O4/c25-15-9-14(10-16(26)22(15)32)35-23-17(27)6-12(7-18(23)28)8-20(24(33)34)29-21-11-19(30-31-21)13-4-2-1-3-5-13/h1-7,9-10,20-21,29,31-32H,8,11H2,(H,33,34). The van der Waals surface area contributed by atoms with E-state index >= 15 is 0 Å². The van der Waals surface area contributed by atoms with E-state index in [4.69, 9.17) is 4.74 Å². The molecule has 0 radical (unpaired) electrons. The first-order valence-electron chi connectivity index (χ1n) is 10.4. The summed E-state index contributed by atoms with van der Waals surface area (Å²) in [4.78, 5) is 12.0. The number of nitrogens with one attached hydrogen (secondary N) is 2. The predicted octanol–water partition coefficient (Wildman–Crippen LogP) is 5.91. The van der Waals surface area contributed by atoms with E-state index in [0.717, 1.165) is 24.0 Å². The molecule has 182 valence electrons. The van der Waals surface area contributed by atoms with Crippen LogP contribution < -0.4 is 15.5 Å². The molecule has 1 aliphatic heterocycles. The van der Waals surface area contributed by atoms with Crippen LogP contribution in [0.25, 0.3) is 0 Å². The monoisotopic (exact) mass is 921 g/mol. The van der Waals surface area contributed by atoms with Gasteiger partial charge in [-0.3, -0.25) is 15.5 Å². The van der Waals surface area contributed by atoms with Crippen LogP contribution >= 0.6 is 90.4 Å². The van der Waals surface area contributed by atoms with E-state index in [1.165, 1.54) is 0 Å². The van der Waals surface area contributed by atoms with Crippen molar-refractivity contribution in [1.29, 1.82) is 0 Å². The number of carboxylic acids is 1. The van der Waals surface area contributed by atoms with Gasteiger partial charge in [-0.1, -0.05) is 30.3 Å². The maximum absolute atomic E-state index is 12.0. The van der Waals surface area contributed by atoms with Crippen molar-refractivity contribution >= 4 is 102 Å². The number of aromatic hydroxyl groups is 1. The summed E-state index contributed by atoms with van der Waals surface area (Å²) >= 11 is 8.55. The molecule has 0 spiro atoms. The van der Waals surface area contributed by atoms with Crippen LogP contribution in [0.5, 0.6) is 17.2 Å². The number of halogens is 4. The number of hydrogen-bond acceptors (Lipinski definition) is 6. The molecule has 11 heteroatoms. The van der Waals surface area contributed by atoms with Crippen molar-refractivity contribution < 1.29 is 19.7 Å². The number of phenols is 1. The Morgan fingerprint density at radius 2 is 1.69 bits per heavy atom. The molecule has 7 nitrogen and oxygen atoms in total. The molecule has 3 aromatic carbocycles. The lowest BCUT2D eigenvalue weighted by Gasteiger charge is -2.20. The third kappa shape index (κ3) is 6.89. The second-order valence-electron chi connectivity index (χ2n) is 7.80. The van der Waals surface area contributed by atoms with Crippen LogP contribution in [0, 0.1) is 14.3 Å². The van der Waals surface area contributed by atoms with Gasteiger partial charge in [0.15, 0.2) is 5.75 Å². The maximum atomic E-state index is 12.0. The molecular weight excluding hydrogens is 902 g/mol. The summed E-state index contributed by atoms with van der Waals surface area (Å²) in [5.41, 5.74) is 5.83. The first-order valence-corrected chi connectivity index (χ1v) is 14.7. The zero-order chi connectivity index (χ0) is 25.1. The molecule has 0 aliphatic carbocycles. The SMILES string of the molecule is O=C(O)C(Cc1cc(I)c(Oc2cc(I)c(O)c(I)c2)c(I)c1)NC1CC(c2ccccc2)=NN1. The summed E-state index contributed by atoms with van der Waals surface area (Å²) in [6.45, 7) is 0. The van der Waals surface area contributed by atoms with Crippen molar-refractivity contribution in [3.05, 3.63) is 80.0 Å². The maximum Gasteiger partial charge on any atom is 0.321 e. The quantitative estimate of drug-likeness (QED) is 0.210. The van der Waals surface area contributed by atoms with Crippen LogP contribution in [-0.4, -0.2) is 34.1 Å². The third-order valence-electron chi connectivity index (χ3n) is 5.27. The summed E-state index contributed by atoms with van der Waals surface area (Å²) in [5, 5.41) is 27.4. The van der Waals surface area contributed by atoms with Gasteiger partial charge in [0.1, 0.15) is 17.5 Å². The predicted molar refractivity (Wildman–Crippen MR) is 168 cm³/mol. The van der Waals surface area contributed by atoms with Gasteiger partial charge in [0.05, 0.1) is 26.2 Å². The smallest absolute Gasteiger partial charge is 0.321 e. The minimum absolute atomic E-state index is 0.239. The van der Waals surface area contributed by atoms with E-state index in [1.54, 1.807) is 12.1 Å². The highest BCUT2D eigenvalue weighted by molar-refractivity contribution is 14.1. The third-order valence-corrected chi connectivity index (χ3v) is 8.52. The minimum Gasteiger partial charge on any atom is -0.506 e. The van der Waals surface area contributed by atoms with Crippen LogP contribution in [0.3, 0.4) is 0 Å². The zero-order valence-electron chi connectivity index (χ0n) is 17.9. The molecule has 0 bridgehead atoms. The number of hydrazone groups is 1. The fourth-order valence-electron chi connectivity index (χ4n) is 3.59. The summed E-state index contributed by atoms with van der Waals surface area (Å²) in [6.07, 6.45) is 0.654. The van der Waals surface area contributed by atoms with Crippen molar-refractivity contribution in [1.82, 2.24) is 10.7 Å². The average molecular weight is 921 g/mol. The number of ether oxygens (including phenoxy) is 1. The lowest BCUT2D eigenvalue weighted by Crippen LogP contribution is -2.48. The summed E-state index contributed by atoms with van der Waals surface area (Å²) in [6, 6.07) is 16.5. The van der Waals surface area contributed by atoms with Crippen LogP contribution in [0.1, 0.15) is 17.5 Å². The topological polar surface area (TPSA) is 103 Å². The molecule has 3 aromatic rings. The van der Waals surface area contributed by atoms with E-state index in [-0.39, 0.29) is 11.9 Å². The largest absolute Gasteiger partial charge is 0.506 e. The number of phenolic OH excluding ortho intramolecular Hbond substituents is 1. The first-order chi connectivity index (χ1) is 16.7. The number of hydrogen-bond donors (Lipinski definition) is 4. The molecule has 1 aliphatic rings. The average Bonchev–Trinajstić information content (AvgIpc) is 3.28. The first kappa shape index (κ1) is 27.1. The van der Waals surface area contributed by atoms with Crippen LogP contribution in [0.2, 0.25) is 0 Å². The van der Waals surface area contributed by atoms with Crippen LogP contribution in [0.4, 0.5) is 0 Å². The van der Waals surface area contributed by atoms with Gasteiger partial charge in [0, 0.05) is 6.42 Å². The second-order valence-corrected chi connectivity index (χ2v) is 12.4. The van der Waals surface area contributed by atoms with Gasteiger partial charge in [-0.2, -0.15) is 5.10 Å². The van der Waals surface area contributed by atoms with Gasteiger partial charge >= 0.3 is 5.97 Å². The second kappa shape index (κ2) is 12.1. The van der Waals surface area contributed by atoms with Gasteiger partial charge in [0.2, 0.25) is 0 Å². The molecule has 4 N–H and O–H groups in total. The van der Waals surface area contributed by atoms with E-state index in [9.17, 15) is 15.0 Å². The highest BCUT2D eigenvalue weighted by Gasteiger charge is 2.27. The van der Waals surface area contributed by atoms with Crippen molar-refractivity contribution in [2.45, 2.75) is 25.0 Å². The van der Waals surface area contributed by atoms with Crippen LogP contribution in [-0.2, 0) is 11.2 Å². The number of nitrogens with zero attached hydrogens (tertiary/aromatic N) is 1. The van der Waals surface area contributed by atoms with E-state index in [1.807, 2.05) is 42.5 Å². The van der Waals surface area contributed by atoms with Crippen molar-refractivity contribution in [3.63, 3.8) is 0 Å². The minimum atomic E-state index is -0.918. The van der Waals surface area contributed by atoms with E-state index in [2.05, 4.69) is 106 Å². The Bertz CT molecular complexity index is 1240. The van der Waals surface area contributed by atoms with Crippen LogP contribution in [0.15, 0.2) is 59.7 Å². The molecule has 0 saturated carbocycles. The molecule has 0 fully saturated rings. The van der Waals surface area contributed by atoms with Crippen molar-refractivity contribution in [2.75, 3.05) is 0 Å². The molecule has 2 unspecified atom stereocenters.